The van der Waals surface area contributed by atoms with Crippen molar-refractivity contribution in [2.24, 2.45) is 0 Å². The lowest BCUT2D eigenvalue weighted by Crippen LogP contribution is -2.08. The zero-order valence-electron chi connectivity index (χ0n) is 10.1. The Kier molecular flexibility index (Phi) is 3.23. The largest absolute Gasteiger partial charge is 0.288 e. The van der Waals surface area contributed by atoms with Gasteiger partial charge in [-0.25, -0.2) is 8.78 Å². The van der Waals surface area contributed by atoms with Gasteiger partial charge in [0.2, 0.25) is 5.78 Å². The highest BCUT2D eigenvalue weighted by Crippen LogP contribution is 2.19. The highest BCUT2D eigenvalue weighted by atomic mass is 19.1. The number of benzene rings is 1. The van der Waals surface area contributed by atoms with Crippen LogP contribution in [0.15, 0.2) is 24.5 Å². The third kappa shape index (κ3) is 2.03. The Morgan fingerprint density at radius 2 is 2.11 bits per heavy atom. The molecule has 2 rings (SSSR count). The third-order valence-corrected chi connectivity index (χ3v) is 2.73. The quantitative estimate of drug-likeness (QED) is 0.785. The number of aryl methyl sites for hydroxylation is 2. The lowest BCUT2D eigenvalue weighted by molar-refractivity contribution is 0.103. The molecule has 1 heterocycles. The summed E-state index contributed by atoms with van der Waals surface area (Å²) in [5, 5.41) is 3.91. The van der Waals surface area contributed by atoms with E-state index in [1.165, 1.54) is 30.1 Å². The maximum absolute atomic E-state index is 13.8. The number of hydrogen-bond donors (Lipinski definition) is 0. The zero-order chi connectivity index (χ0) is 13.3. The standard InChI is InChI=1S/C13H12F2N2O/c1-3-17-7-9(6-16-17)13(18)11-10(14)5-4-8(2)12(11)15/h4-7H,3H2,1-2H3. The van der Waals surface area contributed by atoms with Crippen LogP contribution in [0.1, 0.15) is 28.4 Å². The van der Waals surface area contributed by atoms with Gasteiger partial charge in [-0.05, 0) is 25.5 Å². The molecule has 1 aromatic carbocycles. The van der Waals surface area contributed by atoms with E-state index < -0.39 is 23.0 Å². The number of ketones is 1. The fourth-order valence-electron chi connectivity index (χ4n) is 1.66. The first kappa shape index (κ1) is 12.4. The van der Waals surface area contributed by atoms with Gasteiger partial charge in [-0.2, -0.15) is 5.10 Å². The van der Waals surface area contributed by atoms with E-state index in [-0.39, 0.29) is 11.1 Å². The predicted molar refractivity (Wildman–Crippen MR) is 62.4 cm³/mol. The number of rotatable bonds is 3. The van der Waals surface area contributed by atoms with Gasteiger partial charge in [0.05, 0.1) is 17.3 Å². The van der Waals surface area contributed by atoms with Crippen LogP contribution in [0.3, 0.4) is 0 Å². The summed E-state index contributed by atoms with van der Waals surface area (Å²) >= 11 is 0. The van der Waals surface area contributed by atoms with Gasteiger partial charge in [-0.1, -0.05) is 6.07 Å². The summed E-state index contributed by atoms with van der Waals surface area (Å²) in [7, 11) is 0. The van der Waals surface area contributed by atoms with E-state index >= 15 is 0 Å². The van der Waals surface area contributed by atoms with Crippen LogP contribution in [0.25, 0.3) is 0 Å². The molecule has 0 radical (unpaired) electrons. The molecule has 0 aliphatic carbocycles. The van der Waals surface area contributed by atoms with Gasteiger partial charge < -0.3 is 0 Å². The maximum atomic E-state index is 13.8. The summed E-state index contributed by atoms with van der Waals surface area (Å²) in [6.45, 7) is 3.93. The highest BCUT2D eigenvalue weighted by molar-refractivity contribution is 6.09. The van der Waals surface area contributed by atoms with Crippen molar-refractivity contribution in [3.8, 4) is 0 Å². The Hall–Kier alpha value is -2.04. The first-order chi connectivity index (χ1) is 8.54. The second-order valence-electron chi connectivity index (χ2n) is 3.97. The molecule has 0 bridgehead atoms. The van der Waals surface area contributed by atoms with Crippen molar-refractivity contribution in [3.05, 3.63) is 52.9 Å². The van der Waals surface area contributed by atoms with E-state index in [2.05, 4.69) is 5.10 Å². The van der Waals surface area contributed by atoms with Crippen molar-refractivity contribution in [2.45, 2.75) is 20.4 Å². The van der Waals surface area contributed by atoms with Crippen LogP contribution in [0.5, 0.6) is 0 Å². The maximum Gasteiger partial charge on any atom is 0.202 e. The molecule has 3 nitrogen and oxygen atoms in total. The van der Waals surface area contributed by atoms with Gasteiger partial charge in [0.1, 0.15) is 11.6 Å². The first-order valence-electron chi connectivity index (χ1n) is 5.56. The number of aromatic nitrogens is 2. The van der Waals surface area contributed by atoms with E-state index in [0.29, 0.717) is 6.54 Å². The Balaban J connectivity index is 2.49. The third-order valence-electron chi connectivity index (χ3n) is 2.73. The van der Waals surface area contributed by atoms with Crippen LogP contribution < -0.4 is 0 Å². The van der Waals surface area contributed by atoms with Crippen LogP contribution in [-0.2, 0) is 6.54 Å². The zero-order valence-corrected chi connectivity index (χ0v) is 10.1. The molecule has 18 heavy (non-hydrogen) atoms. The van der Waals surface area contributed by atoms with Crippen molar-refractivity contribution >= 4 is 5.78 Å². The molecule has 0 saturated heterocycles. The summed E-state index contributed by atoms with van der Waals surface area (Å²) in [5.74, 6) is -2.36. The molecule has 1 aromatic heterocycles. The minimum atomic E-state index is -0.854. The molecule has 0 spiro atoms. The lowest BCUT2D eigenvalue weighted by atomic mass is 10.0. The van der Waals surface area contributed by atoms with Crippen molar-refractivity contribution in [3.63, 3.8) is 0 Å². The summed E-state index contributed by atoms with van der Waals surface area (Å²) < 4.78 is 28.9. The lowest BCUT2D eigenvalue weighted by Gasteiger charge is -2.04. The predicted octanol–water partition coefficient (Wildman–Crippen LogP) is 2.72. The summed E-state index contributed by atoms with van der Waals surface area (Å²) in [5.41, 5.74) is -0.103. The second-order valence-corrected chi connectivity index (χ2v) is 3.97. The van der Waals surface area contributed by atoms with Crippen LogP contribution in [0.4, 0.5) is 8.78 Å². The van der Waals surface area contributed by atoms with Crippen molar-refractivity contribution < 1.29 is 13.6 Å². The SMILES string of the molecule is CCn1cc(C(=O)c2c(F)ccc(C)c2F)cn1. The number of carbonyl (C=O) groups is 1. The Morgan fingerprint density at radius 1 is 1.39 bits per heavy atom. The molecule has 0 atom stereocenters. The number of hydrogen-bond acceptors (Lipinski definition) is 2. The molecular formula is C13H12F2N2O. The average molecular weight is 250 g/mol. The van der Waals surface area contributed by atoms with Crippen LogP contribution in [0.2, 0.25) is 0 Å². The summed E-state index contributed by atoms with van der Waals surface area (Å²) in [6, 6.07) is 2.40. The molecular weight excluding hydrogens is 238 g/mol. The molecule has 0 saturated carbocycles. The van der Waals surface area contributed by atoms with Crippen LogP contribution in [0, 0.1) is 18.6 Å². The summed E-state index contributed by atoms with van der Waals surface area (Å²) in [6.07, 6.45) is 2.79. The van der Waals surface area contributed by atoms with Crippen LogP contribution >= 0.6 is 0 Å². The molecule has 0 aliphatic heterocycles. The number of carbonyl (C=O) groups excluding carboxylic acids is 1. The van der Waals surface area contributed by atoms with Crippen LogP contribution in [-0.4, -0.2) is 15.6 Å². The van der Waals surface area contributed by atoms with Crippen molar-refractivity contribution in [2.75, 3.05) is 0 Å². The molecule has 0 unspecified atom stereocenters. The molecule has 0 fully saturated rings. The topological polar surface area (TPSA) is 34.9 Å². The molecule has 0 aliphatic rings. The van der Waals surface area contributed by atoms with Gasteiger partial charge in [0, 0.05) is 12.7 Å². The van der Waals surface area contributed by atoms with Gasteiger partial charge in [-0.15, -0.1) is 0 Å². The number of halogens is 2. The molecule has 5 heteroatoms. The Labute approximate surface area is 103 Å². The van der Waals surface area contributed by atoms with Gasteiger partial charge in [0.15, 0.2) is 0 Å². The monoisotopic (exact) mass is 250 g/mol. The molecule has 94 valence electrons. The molecule has 0 amide bonds. The van der Waals surface area contributed by atoms with Crippen molar-refractivity contribution in [1.82, 2.24) is 9.78 Å². The minimum absolute atomic E-state index is 0.181. The van der Waals surface area contributed by atoms with Crippen molar-refractivity contribution in [1.29, 1.82) is 0 Å². The van der Waals surface area contributed by atoms with E-state index in [9.17, 15) is 13.6 Å². The van der Waals surface area contributed by atoms with E-state index in [4.69, 9.17) is 0 Å². The fourth-order valence-corrected chi connectivity index (χ4v) is 1.66. The average Bonchev–Trinajstić information content (AvgIpc) is 2.83. The minimum Gasteiger partial charge on any atom is -0.288 e. The Morgan fingerprint density at radius 3 is 2.72 bits per heavy atom. The Bertz CT molecular complexity index is 605. The fraction of sp³-hybridized carbons (Fsp3) is 0.231. The highest BCUT2D eigenvalue weighted by Gasteiger charge is 2.21. The molecule has 0 N–H and O–H groups in total. The van der Waals surface area contributed by atoms with Gasteiger partial charge in [0.25, 0.3) is 0 Å². The van der Waals surface area contributed by atoms with E-state index in [1.54, 1.807) is 0 Å². The van der Waals surface area contributed by atoms with Gasteiger partial charge >= 0.3 is 0 Å². The normalized spacial score (nSPS) is 10.7. The van der Waals surface area contributed by atoms with E-state index in [0.717, 1.165) is 6.07 Å². The number of nitrogens with zero attached hydrogens (tertiary/aromatic N) is 2. The van der Waals surface area contributed by atoms with E-state index in [1.807, 2.05) is 6.92 Å². The second kappa shape index (κ2) is 4.68. The molecule has 2 aromatic rings. The smallest absolute Gasteiger partial charge is 0.202 e. The summed E-state index contributed by atoms with van der Waals surface area (Å²) in [4.78, 5) is 12.0. The van der Waals surface area contributed by atoms with Gasteiger partial charge in [-0.3, -0.25) is 9.48 Å². The first-order valence-corrected chi connectivity index (χ1v) is 5.56.